The molecule has 0 heterocycles. The predicted molar refractivity (Wildman–Crippen MR) is 89.4 cm³/mol. The molecule has 0 radical (unpaired) electrons. The van der Waals surface area contributed by atoms with Gasteiger partial charge in [-0.1, -0.05) is 0 Å². The molecular weight excluding hydrogens is 512 g/mol. The summed E-state index contributed by atoms with van der Waals surface area (Å²) in [6.45, 7) is 7.02. The van der Waals surface area contributed by atoms with Crippen LogP contribution in [0.3, 0.4) is 0 Å². The van der Waals surface area contributed by atoms with E-state index in [-0.39, 0.29) is 24.8 Å². The second kappa shape index (κ2) is 11.6. The number of nitrogens with one attached hydrogen (secondary N) is 1. The molecule has 2 rings (SSSR count). The van der Waals surface area contributed by atoms with Crippen molar-refractivity contribution in [1.29, 1.82) is 0 Å². The van der Waals surface area contributed by atoms with Gasteiger partial charge in [0.2, 0.25) is 0 Å². The van der Waals surface area contributed by atoms with Gasteiger partial charge in [0.1, 0.15) is 0 Å². The molecule has 1 N–H and O–H groups in total. The fraction of sp³-hybridized carbons (Fsp3) is 0.471. The Kier molecular flexibility index (Phi) is 11.7. The first kappa shape index (κ1) is 23.1. The van der Waals surface area contributed by atoms with Gasteiger partial charge in [-0.05, 0) is 0 Å². The van der Waals surface area contributed by atoms with Crippen LogP contribution in [0.25, 0.3) is 6.08 Å². The summed E-state index contributed by atoms with van der Waals surface area (Å²) in [5, 5.41) is 0. The summed E-state index contributed by atoms with van der Waals surface area (Å²) in [5.41, 5.74) is 2.83. The maximum Gasteiger partial charge on any atom is -1.00 e. The monoisotopic (exact) mass is 538 g/mol. The van der Waals surface area contributed by atoms with Crippen LogP contribution in [0.4, 0.5) is 0 Å². The minimum atomic E-state index is -2.09. The van der Waals surface area contributed by atoms with Crippen molar-refractivity contribution in [2.24, 2.45) is 0 Å². The third-order valence-corrected chi connectivity index (χ3v) is 29.1. The molecule has 127 valence electrons. The minimum Gasteiger partial charge on any atom is -1.00 e. The Labute approximate surface area is 161 Å². The van der Waals surface area contributed by atoms with Crippen molar-refractivity contribution in [1.82, 2.24) is 3.30 Å². The number of benzene rings is 1. The quantitative estimate of drug-likeness (QED) is 0.316. The van der Waals surface area contributed by atoms with Gasteiger partial charge in [0.05, 0.1) is 0 Å². The van der Waals surface area contributed by atoms with Crippen LogP contribution in [0.5, 0.6) is 0 Å². The van der Waals surface area contributed by atoms with Crippen LogP contribution in [0, 0.1) is 0 Å². The third kappa shape index (κ3) is 6.49. The normalized spacial score (nSPS) is 14.7. The number of hydrogen-bond acceptors (Lipinski definition) is 1. The molecule has 0 spiro atoms. The molecule has 0 aromatic heterocycles. The fourth-order valence-corrected chi connectivity index (χ4v) is 23.8. The Morgan fingerprint density at radius 2 is 1.91 bits per heavy atom. The van der Waals surface area contributed by atoms with Gasteiger partial charge in [-0.2, -0.15) is 0 Å². The predicted octanol–water partition coefficient (Wildman–Crippen LogP) is -2.02. The van der Waals surface area contributed by atoms with E-state index >= 15 is 0 Å². The number of carbonyl (C=O) groups is 1. The number of fused-ring (bicyclic) bond motifs is 1. The first-order valence-corrected chi connectivity index (χ1v) is 21.0. The van der Waals surface area contributed by atoms with Gasteiger partial charge in [0.25, 0.3) is 0 Å². The van der Waals surface area contributed by atoms with Crippen molar-refractivity contribution in [2.45, 2.75) is 49.4 Å². The Balaban J connectivity index is 0.00000242. The molecule has 1 aliphatic rings. The zero-order valence-corrected chi connectivity index (χ0v) is 20.4. The van der Waals surface area contributed by atoms with E-state index in [1.54, 1.807) is 0 Å². The number of rotatable bonds is 7. The van der Waals surface area contributed by atoms with Crippen LogP contribution in [0.1, 0.15) is 47.4 Å². The van der Waals surface area contributed by atoms with Crippen LogP contribution in [0.2, 0.25) is 13.1 Å². The maximum atomic E-state index is 12.2. The van der Waals surface area contributed by atoms with Gasteiger partial charge < -0.3 is 24.8 Å². The molecule has 0 fully saturated rings. The van der Waals surface area contributed by atoms with Gasteiger partial charge in [-0.3, -0.25) is 0 Å². The smallest absolute Gasteiger partial charge is 1.00 e. The van der Waals surface area contributed by atoms with Crippen molar-refractivity contribution in [3.63, 3.8) is 0 Å². The van der Waals surface area contributed by atoms with E-state index in [9.17, 15) is 4.79 Å². The largest absolute Gasteiger partial charge is 1.00 e. The summed E-state index contributed by atoms with van der Waals surface area (Å²) < 4.78 is 4.12. The average Bonchev–Trinajstić information content (AvgIpc) is 2.88. The number of amides is 1. The van der Waals surface area contributed by atoms with Crippen molar-refractivity contribution >= 4 is 18.0 Å². The molecule has 1 aromatic rings. The number of halogens is 2. The molecule has 0 bridgehead atoms. The Morgan fingerprint density at radius 3 is 2.57 bits per heavy atom. The van der Waals surface area contributed by atoms with Crippen LogP contribution in [-0.2, 0) is 25.7 Å². The van der Waals surface area contributed by atoms with E-state index in [4.69, 9.17) is 0 Å². The fourth-order valence-electron chi connectivity index (χ4n) is 2.86. The topological polar surface area (TPSA) is 29.1 Å². The summed E-state index contributed by atoms with van der Waals surface area (Å²) >= 11 is -2.09. The Morgan fingerprint density at radius 1 is 1.22 bits per heavy atom. The molecule has 1 atom stereocenters. The van der Waals surface area contributed by atoms with Crippen LogP contribution in [0.15, 0.2) is 30.3 Å². The van der Waals surface area contributed by atoms with E-state index in [0.29, 0.717) is 9.58 Å². The standard InChI is InChI=1S/C9H7.C6H13NO.C2H7Si.2ClH.Hf/c1-2-5-9-7-3-6-8(9)4-1;1-2-3-4-5-6(7)8;1-3-2;;;/h1-7H;2-5H2,1H3,(H2,7,8);3H,1-2H3;2*1H;/q;;;;;+3/p-3. The molecular formula is C17H26Cl2HfNOSi. The molecule has 0 saturated heterocycles. The average molecular weight is 538 g/mol. The summed E-state index contributed by atoms with van der Waals surface area (Å²) in [7, 11) is 0. The molecule has 1 aromatic carbocycles. The van der Waals surface area contributed by atoms with Crippen LogP contribution >= 0.6 is 0 Å². The van der Waals surface area contributed by atoms with Gasteiger partial charge in [0, 0.05) is 0 Å². The SMILES string of the molecule is CCCCCC(=O)[NH][Hf+2]([CH]1C=Cc2ccccc21)[SiH](C)C.[Cl-].[Cl-]. The first-order valence-electron chi connectivity index (χ1n) is 8.07. The summed E-state index contributed by atoms with van der Waals surface area (Å²) in [4.78, 5) is 12.2. The van der Waals surface area contributed by atoms with Crippen molar-refractivity contribution in [3.05, 3.63) is 41.5 Å². The second-order valence-electron chi connectivity index (χ2n) is 6.08. The van der Waals surface area contributed by atoms with Crippen LogP contribution < -0.4 is 28.1 Å². The Hall–Kier alpha value is 0.0970. The molecule has 1 amide bonds. The second-order valence-corrected chi connectivity index (χ2v) is 32.3. The maximum absolute atomic E-state index is 12.2. The summed E-state index contributed by atoms with van der Waals surface area (Å²) in [5.74, 6) is -0.441. The third-order valence-electron chi connectivity index (χ3n) is 4.05. The van der Waals surface area contributed by atoms with Gasteiger partial charge in [-0.15, -0.1) is 0 Å². The van der Waals surface area contributed by atoms with Gasteiger partial charge in [-0.25, -0.2) is 0 Å². The summed E-state index contributed by atoms with van der Waals surface area (Å²) in [6.07, 6.45) is 8.73. The molecule has 1 unspecified atom stereocenters. The van der Waals surface area contributed by atoms with E-state index in [2.05, 4.69) is 59.7 Å². The van der Waals surface area contributed by atoms with E-state index < -0.39 is 26.9 Å². The van der Waals surface area contributed by atoms with E-state index in [0.717, 1.165) is 12.8 Å². The molecule has 2 nitrogen and oxygen atoms in total. The van der Waals surface area contributed by atoms with Crippen molar-refractivity contribution in [3.8, 4) is 0 Å². The molecule has 23 heavy (non-hydrogen) atoms. The zero-order chi connectivity index (χ0) is 15.2. The first-order chi connectivity index (χ1) is 10.1. The summed E-state index contributed by atoms with van der Waals surface area (Å²) in [6, 6.07) is 8.69. The molecule has 0 aliphatic heterocycles. The number of allylic oxidation sites excluding steroid dienone is 1. The minimum absolute atomic E-state index is 0. The molecule has 1 aliphatic carbocycles. The van der Waals surface area contributed by atoms with Gasteiger partial charge >= 0.3 is 138 Å². The number of unbranched alkanes of at least 4 members (excludes halogenated alkanes) is 2. The number of carbonyl (C=O) groups excluding carboxylic acids is 1. The van der Waals surface area contributed by atoms with E-state index in [1.165, 1.54) is 24.0 Å². The van der Waals surface area contributed by atoms with Crippen LogP contribution in [-0.4, -0.2) is 11.9 Å². The zero-order valence-electron chi connectivity index (χ0n) is 14.1. The molecule has 0 saturated carbocycles. The van der Waals surface area contributed by atoms with Crippen molar-refractivity contribution < 1.29 is 50.5 Å². The van der Waals surface area contributed by atoms with E-state index in [1.807, 2.05) is 0 Å². The van der Waals surface area contributed by atoms with Crippen molar-refractivity contribution in [2.75, 3.05) is 0 Å². The number of hydrogen-bond donors (Lipinski definition) is 1. The van der Waals surface area contributed by atoms with Gasteiger partial charge in [0.15, 0.2) is 0 Å². The Bertz CT molecular complexity index is 525. The molecule has 6 heteroatoms.